The van der Waals surface area contributed by atoms with E-state index >= 15 is 0 Å². The number of para-hydroxylation sites is 1. The number of ether oxygens (including phenoxy) is 3. The van der Waals surface area contributed by atoms with E-state index in [9.17, 15) is 19.2 Å². The molecule has 0 saturated carbocycles. The highest BCUT2D eigenvalue weighted by molar-refractivity contribution is 8.00. The zero-order chi connectivity index (χ0) is 36.2. The smallest absolute Gasteiger partial charge is 0.339 e. The van der Waals surface area contributed by atoms with Crippen molar-refractivity contribution in [1.29, 1.82) is 0 Å². The van der Waals surface area contributed by atoms with Gasteiger partial charge in [-0.2, -0.15) is 0 Å². The van der Waals surface area contributed by atoms with Gasteiger partial charge in [-0.25, -0.2) is 4.79 Å². The fourth-order valence-corrected chi connectivity index (χ4v) is 6.09. The molecule has 5 aromatic carbocycles. The summed E-state index contributed by atoms with van der Waals surface area (Å²) in [6.45, 7) is 0. The van der Waals surface area contributed by atoms with E-state index in [1.807, 2.05) is 36.4 Å². The first kappa shape index (κ1) is 36.0. The van der Waals surface area contributed by atoms with Gasteiger partial charge in [0.05, 0.1) is 32.6 Å². The Morgan fingerprint density at radius 1 is 0.706 bits per heavy atom. The Morgan fingerprint density at radius 2 is 1.41 bits per heavy atom. The number of amides is 3. The van der Waals surface area contributed by atoms with Gasteiger partial charge in [-0.3, -0.25) is 14.4 Å². The molecule has 3 amide bonds. The number of thioether (sulfide) groups is 1. The van der Waals surface area contributed by atoms with E-state index in [2.05, 4.69) is 16.0 Å². The summed E-state index contributed by atoms with van der Waals surface area (Å²) in [4.78, 5) is 53.9. The lowest BCUT2D eigenvalue weighted by Crippen LogP contribution is -2.30. The van der Waals surface area contributed by atoms with Crippen LogP contribution in [0.25, 0.3) is 6.08 Å². The van der Waals surface area contributed by atoms with Crippen molar-refractivity contribution in [1.82, 2.24) is 5.32 Å². The molecule has 11 heteroatoms. The predicted molar refractivity (Wildman–Crippen MR) is 198 cm³/mol. The minimum atomic E-state index is -0.732. The third kappa shape index (κ3) is 9.43. The number of hydrogen-bond acceptors (Lipinski definition) is 8. The van der Waals surface area contributed by atoms with Crippen molar-refractivity contribution >= 4 is 52.9 Å². The Morgan fingerprint density at radius 3 is 2.12 bits per heavy atom. The molecule has 0 heterocycles. The quantitative estimate of drug-likeness (QED) is 0.0659. The van der Waals surface area contributed by atoms with Crippen LogP contribution in [0, 0.1) is 0 Å². The van der Waals surface area contributed by atoms with Gasteiger partial charge in [0.1, 0.15) is 22.4 Å². The fourth-order valence-electron chi connectivity index (χ4n) is 5.01. The molecule has 0 fully saturated rings. The van der Waals surface area contributed by atoms with Crippen molar-refractivity contribution in [2.45, 2.75) is 10.1 Å². The standard InChI is InChI=1S/C40H35N3O7S/c1-48-30-21-22-35(49-2)28(23-30)24-34(43-37(44)27-15-8-5-9-16-27)38(45)41-29-17-12-18-31(25-29)51-36(26-13-6-4-7-14-26)39(46)42-33-20-11-10-19-32(33)40(47)50-3/h4-25,36H,1-3H3,(H,41,45)(H,42,46)(H,43,44)/b34-24+. The summed E-state index contributed by atoms with van der Waals surface area (Å²) in [5.41, 5.74) is 2.53. The van der Waals surface area contributed by atoms with Gasteiger partial charge in [-0.15, -0.1) is 11.8 Å². The minimum Gasteiger partial charge on any atom is -0.497 e. The van der Waals surface area contributed by atoms with Crippen molar-refractivity contribution < 1.29 is 33.4 Å². The number of methoxy groups -OCH3 is 3. The molecule has 1 atom stereocenters. The number of carbonyl (C=O) groups is 4. The summed E-state index contributed by atoms with van der Waals surface area (Å²) >= 11 is 1.26. The maximum Gasteiger partial charge on any atom is 0.339 e. The SMILES string of the molecule is COC(=O)c1ccccc1NC(=O)C(Sc1cccc(NC(=O)/C(=C\c2cc(OC)ccc2OC)NC(=O)c2ccccc2)c1)c1ccccc1. The first-order chi connectivity index (χ1) is 24.8. The Kier molecular flexibility index (Phi) is 12.2. The molecule has 258 valence electrons. The molecule has 0 aliphatic carbocycles. The molecule has 0 radical (unpaired) electrons. The highest BCUT2D eigenvalue weighted by Crippen LogP contribution is 2.37. The predicted octanol–water partition coefficient (Wildman–Crippen LogP) is 7.37. The van der Waals surface area contributed by atoms with Crippen LogP contribution >= 0.6 is 11.8 Å². The van der Waals surface area contributed by atoms with E-state index in [0.29, 0.717) is 38.9 Å². The Bertz CT molecular complexity index is 2050. The molecular formula is C40H35N3O7S. The Labute approximate surface area is 299 Å². The largest absolute Gasteiger partial charge is 0.497 e. The molecule has 3 N–H and O–H groups in total. The molecule has 0 spiro atoms. The average molecular weight is 702 g/mol. The van der Waals surface area contributed by atoms with Gasteiger partial charge in [0.2, 0.25) is 5.91 Å². The summed E-state index contributed by atoms with van der Waals surface area (Å²) in [5.74, 6) is -1.01. The van der Waals surface area contributed by atoms with Gasteiger partial charge in [-0.05, 0) is 72.3 Å². The number of benzene rings is 5. The molecule has 1 unspecified atom stereocenters. The van der Waals surface area contributed by atoms with E-state index in [1.54, 1.807) is 91.0 Å². The molecule has 5 aromatic rings. The molecule has 10 nitrogen and oxygen atoms in total. The lowest BCUT2D eigenvalue weighted by atomic mass is 10.1. The molecule has 0 saturated heterocycles. The van der Waals surface area contributed by atoms with Crippen LogP contribution in [0.1, 0.15) is 37.1 Å². The van der Waals surface area contributed by atoms with Gasteiger partial charge in [-0.1, -0.05) is 66.7 Å². The first-order valence-corrected chi connectivity index (χ1v) is 16.6. The highest BCUT2D eigenvalue weighted by Gasteiger charge is 2.24. The molecular weight excluding hydrogens is 667 g/mol. The van der Waals surface area contributed by atoms with E-state index in [0.717, 1.165) is 5.56 Å². The fraction of sp³-hybridized carbons (Fsp3) is 0.100. The molecule has 0 aliphatic heterocycles. The second-order valence-corrected chi connectivity index (χ2v) is 12.1. The second kappa shape index (κ2) is 17.4. The van der Waals surface area contributed by atoms with Crippen LogP contribution in [-0.2, 0) is 14.3 Å². The maximum absolute atomic E-state index is 13.8. The molecule has 5 rings (SSSR count). The van der Waals surface area contributed by atoms with Crippen molar-refractivity contribution in [3.63, 3.8) is 0 Å². The van der Waals surface area contributed by atoms with Crippen LogP contribution in [0.4, 0.5) is 11.4 Å². The van der Waals surface area contributed by atoms with E-state index in [-0.39, 0.29) is 17.2 Å². The molecule has 0 aromatic heterocycles. The normalized spacial score (nSPS) is 11.5. The third-order valence-electron chi connectivity index (χ3n) is 7.54. The van der Waals surface area contributed by atoms with Gasteiger partial charge >= 0.3 is 5.97 Å². The second-order valence-electron chi connectivity index (χ2n) is 10.9. The Hall–Kier alpha value is -6.33. The Balaban J connectivity index is 1.42. The number of nitrogens with one attached hydrogen (secondary N) is 3. The van der Waals surface area contributed by atoms with Crippen molar-refractivity contribution in [2.24, 2.45) is 0 Å². The van der Waals surface area contributed by atoms with Crippen LogP contribution in [0.5, 0.6) is 11.5 Å². The van der Waals surface area contributed by atoms with E-state index in [1.165, 1.54) is 39.2 Å². The third-order valence-corrected chi connectivity index (χ3v) is 8.79. The zero-order valence-electron chi connectivity index (χ0n) is 28.0. The topological polar surface area (TPSA) is 132 Å². The summed E-state index contributed by atoms with van der Waals surface area (Å²) < 4.78 is 15.8. The van der Waals surface area contributed by atoms with Gasteiger partial charge < -0.3 is 30.2 Å². The summed E-state index contributed by atoms with van der Waals surface area (Å²) in [6, 6.07) is 36.5. The first-order valence-electron chi connectivity index (χ1n) is 15.7. The summed E-state index contributed by atoms with van der Waals surface area (Å²) in [6.07, 6.45) is 1.51. The van der Waals surface area contributed by atoms with E-state index in [4.69, 9.17) is 14.2 Å². The van der Waals surface area contributed by atoms with Crippen LogP contribution in [-0.4, -0.2) is 45.0 Å². The van der Waals surface area contributed by atoms with Gasteiger partial charge in [0.15, 0.2) is 0 Å². The zero-order valence-corrected chi connectivity index (χ0v) is 28.9. The van der Waals surface area contributed by atoms with Crippen LogP contribution in [0.2, 0.25) is 0 Å². The summed E-state index contributed by atoms with van der Waals surface area (Å²) in [7, 11) is 4.31. The lowest BCUT2D eigenvalue weighted by Gasteiger charge is -2.19. The monoisotopic (exact) mass is 701 g/mol. The van der Waals surface area contributed by atoms with Gasteiger partial charge in [0, 0.05) is 21.7 Å². The van der Waals surface area contributed by atoms with Gasteiger partial charge in [0.25, 0.3) is 11.8 Å². The van der Waals surface area contributed by atoms with Crippen LogP contribution in [0.3, 0.4) is 0 Å². The van der Waals surface area contributed by atoms with E-state index < -0.39 is 23.0 Å². The van der Waals surface area contributed by atoms with Crippen molar-refractivity contribution in [2.75, 3.05) is 32.0 Å². The lowest BCUT2D eigenvalue weighted by molar-refractivity contribution is -0.116. The molecule has 0 bridgehead atoms. The molecule has 0 aliphatic rings. The number of rotatable bonds is 13. The van der Waals surface area contributed by atoms with Crippen molar-refractivity contribution in [3.05, 3.63) is 155 Å². The molecule has 51 heavy (non-hydrogen) atoms. The average Bonchev–Trinajstić information content (AvgIpc) is 3.17. The number of esters is 1. The minimum absolute atomic E-state index is 0.0423. The van der Waals surface area contributed by atoms with Crippen molar-refractivity contribution in [3.8, 4) is 11.5 Å². The summed E-state index contributed by atoms with van der Waals surface area (Å²) in [5, 5.41) is 7.76. The van der Waals surface area contributed by atoms with Crippen LogP contribution < -0.4 is 25.4 Å². The highest BCUT2D eigenvalue weighted by atomic mass is 32.2. The number of anilines is 2. The number of hydrogen-bond donors (Lipinski definition) is 3. The van der Waals surface area contributed by atoms with Crippen LogP contribution in [0.15, 0.2) is 138 Å². The maximum atomic E-state index is 13.8. The number of carbonyl (C=O) groups excluding carboxylic acids is 4.